The number of hydrogen-bond acceptors (Lipinski definition) is 4. The Morgan fingerprint density at radius 3 is 3.04 bits per heavy atom. The molecule has 0 aromatic carbocycles. The Kier molecular flexibility index (Phi) is 5.25. The lowest BCUT2D eigenvalue weighted by Gasteiger charge is -2.33. The molecular formula is C18H24N4O2. The minimum absolute atomic E-state index is 0.0659. The summed E-state index contributed by atoms with van der Waals surface area (Å²) in [5.74, 6) is 1.19. The number of aryl methyl sites for hydroxylation is 3. The second-order valence-electron chi connectivity index (χ2n) is 6.07. The Balaban J connectivity index is 1.59. The van der Waals surface area contributed by atoms with Gasteiger partial charge in [0.25, 0.3) is 0 Å². The van der Waals surface area contributed by atoms with Crippen molar-refractivity contribution in [2.24, 2.45) is 0 Å². The second kappa shape index (κ2) is 7.57. The van der Waals surface area contributed by atoms with Crippen LogP contribution >= 0.6 is 0 Å². The van der Waals surface area contributed by atoms with Crippen LogP contribution in [0.25, 0.3) is 0 Å². The smallest absolute Gasteiger partial charge is 0.224 e. The summed E-state index contributed by atoms with van der Waals surface area (Å²) in [6.07, 6.45) is 6.82. The number of carbonyl (C=O) groups is 1. The summed E-state index contributed by atoms with van der Waals surface area (Å²) < 4.78 is 7.91. The number of morpholine rings is 1. The first kappa shape index (κ1) is 16.6. The van der Waals surface area contributed by atoms with E-state index < -0.39 is 0 Å². The molecule has 0 radical (unpaired) electrons. The Hall–Kier alpha value is -2.21. The first-order valence-corrected chi connectivity index (χ1v) is 8.49. The SMILES string of the molecule is CCc1nccn1CCC(=O)N1CCO[C@H](c2ccnc(C)c2)C1. The first-order chi connectivity index (χ1) is 11.7. The molecule has 6 nitrogen and oxygen atoms in total. The fraction of sp³-hybridized carbons (Fsp3) is 0.500. The number of aromatic nitrogens is 3. The summed E-state index contributed by atoms with van der Waals surface area (Å²) in [4.78, 5) is 23.0. The van der Waals surface area contributed by atoms with Gasteiger partial charge in [-0.05, 0) is 24.6 Å². The monoisotopic (exact) mass is 328 g/mol. The maximum atomic E-state index is 12.6. The number of carbonyl (C=O) groups excluding carboxylic acids is 1. The first-order valence-electron chi connectivity index (χ1n) is 8.49. The minimum Gasteiger partial charge on any atom is -0.370 e. The van der Waals surface area contributed by atoms with Crippen molar-refractivity contribution in [3.05, 3.63) is 47.8 Å². The van der Waals surface area contributed by atoms with Gasteiger partial charge in [0.05, 0.1) is 13.2 Å². The average molecular weight is 328 g/mol. The van der Waals surface area contributed by atoms with Crippen LogP contribution in [0.3, 0.4) is 0 Å². The normalized spacial score (nSPS) is 17.9. The van der Waals surface area contributed by atoms with Crippen molar-refractivity contribution in [2.75, 3.05) is 19.7 Å². The van der Waals surface area contributed by atoms with Crippen LogP contribution in [0.15, 0.2) is 30.7 Å². The van der Waals surface area contributed by atoms with Crippen molar-refractivity contribution in [1.29, 1.82) is 0 Å². The predicted octanol–water partition coefficient (Wildman–Crippen LogP) is 2.14. The van der Waals surface area contributed by atoms with E-state index in [1.54, 1.807) is 12.4 Å². The van der Waals surface area contributed by atoms with E-state index in [0.29, 0.717) is 32.7 Å². The van der Waals surface area contributed by atoms with Gasteiger partial charge < -0.3 is 14.2 Å². The van der Waals surface area contributed by atoms with Crippen molar-refractivity contribution in [3.8, 4) is 0 Å². The predicted molar refractivity (Wildman–Crippen MR) is 90.5 cm³/mol. The van der Waals surface area contributed by atoms with Crippen LogP contribution < -0.4 is 0 Å². The molecule has 0 aliphatic carbocycles. The molecule has 1 aliphatic rings. The van der Waals surface area contributed by atoms with E-state index >= 15 is 0 Å². The molecular weight excluding hydrogens is 304 g/mol. The van der Waals surface area contributed by atoms with Gasteiger partial charge in [-0.15, -0.1) is 0 Å². The number of pyridine rings is 1. The van der Waals surface area contributed by atoms with Crippen LogP contribution in [0.1, 0.15) is 36.5 Å². The van der Waals surface area contributed by atoms with Crippen LogP contribution in [0, 0.1) is 6.92 Å². The van der Waals surface area contributed by atoms with E-state index in [9.17, 15) is 4.79 Å². The van der Waals surface area contributed by atoms with Crippen molar-refractivity contribution in [1.82, 2.24) is 19.4 Å². The highest BCUT2D eigenvalue weighted by atomic mass is 16.5. The largest absolute Gasteiger partial charge is 0.370 e. The quantitative estimate of drug-likeness (QED) is 0.844. The Bertz CT molecular complexity index is 698. The van der Waals surface area contributed by atoms with Gasteiger partial charge in [0.2, 0.25) is 5.91 Å². The van der Waals surface area contributed by atoms with Crippen LogP contribution in [-0.2, 0) is 22.5 Å². The number of amides is 1. The number of ether oxygens (including phenoxy) is 1. The van der Waals surface area contributed by atoms with Gasteiger partial charge in [0.1, 0.15) is 11.9 Å². The Morgan fingerprint density at radius 2 is 2.25 bits per heavy atom. The number of hydrogen-bond donors (Lipinski definition) is 0. The highest BCUT2D eigenvalue weighted by Gasteiger charge is 2.25. The topological polar surface area (TPSA) is 60.2 Å². The average Bonchev–Trinajstić information content (AvgIpc) is 3.07. The third-order valence-electron chi connectivity index (χ3n) is 4.40. The third-order valence-corrected chi connectivity index (χ3v) is 4.40. The number of nitrogens with zero attached hydrogens (tertiary/aromatic N) is 4. The lowest BCUT2D eigenvalue weighted by molar-refractivity contribution is -0.139. The van der Waals surface area contributed by atoms with E-state index in [2.05, 4.69) is 21.5 Å². The molecule has 24 heavy (non-hydrogen) atoms. The molecule has 2 aromatic rings. The summed E-state index contributed by atoms with van der Waals surface area (Å²) >= 11 is 0. The summed E-state index contributed by atoms with van der Waals surface area (Å²) in [7, 11) is 0. The molecule has 3 heterocycles. The van der Waals surface area contributed by atoms with E-state index in [4.69, 9.17) is 4.74 Å². The lowest BCUT2D eigenvalue weighted by Crippen LogP contribution is -2.42. The van der Waals surface area contributed by atoms with Crippen LogP contribution in [0.4, 0.5) is 0 Å². The van der Waals surface area contributed by atoms with Crippen LogP contribution in [0.2, 0.25) is 0 Å². The number of imidazole rings is 1. The minimum atomic E-state index is -0.0659. The van der Waals surface area contributed by atoms with Crippen LogP contribution in [0.5, 0.6) is 0 Å². The molecule has 1 atom stereocenters. The van der Waals surface area contributed by atoms with Gasteiger partial charge in [-0.2, -0.15) is 0 Å². The molecule has 2 aromatic heterocycles. The zero-order chi connectivity index (χ0) is 16.9. The van der Waals surface area contributed by atoms with Gasteiger partial charge in [-0.1, -0.05) is 6.92 Å². The van der Waals surface area contributed by atoms with Gasteiger partial charge in [0, 0.05) is 50.2 Å². The molecule has 0 saturated carbocycles. The highest BCUT2D eigenvalue weighted by molar-refractivity contribution is 5.76. The zero-order valence-electron chi connectivity index (χ0n) is 14.3. The Labute approximate surface area is 142 Å². The molecule has 0 unspecified atom stereocenters. The molecule has 1 aliphatic heterocycles. The van der Waals surface area contributed by atoms with Crippen molar-refractivity contribution in [3.63, 3.8) is 0 Å². The fourth-order valence-corrected chi connectivity index (χ4v) is 3.08. The molecule has 128 valence electrons. The maximum Gasteiger partial charge on any atom is 0.224 e. The van der Waals surface area contributed by atoms with E-state index in [0.717, 1.165) is 23.5 Å². The molecule has 0 N–H and O–H groups in total. The standard InChI is InChI=1S/C18H24N4O2/c1-3-17-20-7-9-21(17)8-5-18(23)22-10-11-24-16(13-22)15-4-6-19-14(2)12-15/h4,6-7,9,12,16H,3,5,8,10-11,13H2,1-2H3/t16-/m0/s1. The second-order valence-corrected chi connectivity index (χ2v) is 6.07. The van der Waals surface area contributed by atoms with Crippen molar-refractivity contribution in [2.45, 2.75) is 39.3 Å². The van der Waals surface area contributed by atoms with E-state index in [-0.39, 0.29) is 12.0 Å². The third kappa shape index (κ3) is 3.82. The van der Waals surface area contributed by atoms with Crippen molar-refractivity contribution >= 4 is 5.91 Å². The lowest BCUT2D eigenvalue weighted by atomic mass is 10.1. The molecule has 0 bridgehead atoms. The molecule has 1 amide bonds. The summed E-state index contributed by atoms with van der Waals surface area (Å²) in [6, 6.07) is 3.99. The summed E-state index contributed by atoms with van der Waals surface area (Å²) in [6.45, 7) is 6.55. The fourth-order valence-electron chi connectivity index (χ4n) is 3.08. The van der Waals surface area contributed by atoms with E-state index in [1.807, 2.05) is 30.2 Å². The van der Waals surface area contributed by atoms with Gasteiger partial charge in [-0.25, -0.2) is 4.98 Å². The van der Waals surface area contributed by atoms with E-state index in [1.165, 1.54) is 0 Å². The molecule has 1 saturated heterocycles. The van der Waals surface area contributed by atoms with Gasteiger partial charge >= 0.3 is 0 Å². The van der Waals surface area contributed by atoms with Crippen LogP contribution in [-0.4, -0.2) is 45.0 Å². The Morgan fingerprint density at radius 1 is 1.38 bits per heavy atom. The zero-order valence-corrected chi connectivity index (χ0v) is 14.3. The van der Waals surface area contributed by atoms with Gasteiger partial charge in [-0.3, -0.25) is 9.78 Å². The summed E-state index contributed by atoms with van der Waals surface area (Å²) in [5.41, 5.74) is 2.05. The number of rotatable bonds is 5. The highest BCUT2D eigenvalue weighted by Crippen LogP contribution is 2.22. The van der Waals surface area contributed by atoms with Gasteiger partial charge in [0.15, 0.2) is 0 Å². The molecule has 0 spiro atoms. The molecule has 1 fully saturated rings. The molecule has 6 heteroatoms. The maximum absolute atomic E-state index is 12.6. The summed E-state index contributed by atoms with van der Waals surface area (Å²) in [5, 5.41) is 0. The van der Waals surface area contributed by atoms with Crippen molar-refractivity contribution < 1.29 is 9.53 Å². The molecule has 3 rings (SSSR count).